The van der Waals surface area contributed by atoms with E-state index in [1.54, 1.807) is 0 Å². The first-order valence-electron chi connectivity index (χ1n) is 10.5. The van der Waals surface area contributed by atoms with Crippen molar-refractivity contribution in [3.63, 3.8) is 0 Å². The molecule has 1 aliphatic carbocycles. The first kappa shape index (κ1) is 22.1. The number of rotatable bonds is 6. The molecule has 0 saturated carbocycles. The SMILES string of the molecule is O=C(O)[C@@]1(O)C[C@@H](O)[C@H](O)C(OCc2cc3ccccc3s2)=C1Cc1cc2ccccc2s1. The Morgan fingerprint density at radius 2 is 1.55 bits per heavy atom. The molecule has 0 bridgehead atoms. The lowest BCUT2D eigenvalue weighted by Gasteiger charge is -2.38. The zero-order chi connectivity index (χ0) is 23.2. The number of thiophene rings is 2. The molecule has 0 aliphatic heterocycles. The number of aliphatic hydroxyl groups excluding tert-OH is 2. The lowest BCUT2D eigenvalue weighted by atomic mass is 9.77. The summed E-state index contributed by atoms with van der Waals surface area (Å²) in [5.41, 5.74) is -2.27. The van der Waals surface area contributed by atoms with E-state index in [4.69, 9.17) is 4.74 Å². The van der Waals surface area contributed by atoms with Gasteiger partial charge in [0.15, 0.2) is 5.60 Å². The summed E-state index contributed by atoms with van der Waals surface area (Å²) < 4.78 is 8.07. The van der Waals surface area contributed by atoms with Gasteiger partial charge < -0.3 is 25.2 Å². The number of carboxylic acid groups (broad SMARTS) is 1. The normalized spacial score (nSPS) is 23.4. The molecular formula is C25H22O6S2. The largest absolute Gasteiger partial charge is 0.489 e. The summed E-state index contributed by atoms with van der Waals surface area (Å²) in [5.74, 6) is -1.55. The Morgan fingerprint density at radius 3 is 2.15 bits per heavy atom. The third-order valence-corrected chi connectivity index (χ3v) is 8.17. The fraction of sp³-hybridized carbons (Fsp3) is 0.240. The molecule has 2 heterocycles. The van der Waals surface area contributed by atoms with Gasteiger partial charge in [-0.3, -0.25) is 0 Å². The fourth-order valence-electron chi connectivity index (χ4n) is 4.27. The molecule has 33 heavy (non-hydrogen) atoms. The second kappa shape index (κ2) is 8.55. The van der Waals surface area contributed by atoms with Gasteiger partial charge in [0.05, 0.1) is 6.10 Å². The molecule has 0 saturated heterocycles. The predicted octanol–water partition coefficient (Wildman–Crippen LogP) is 4.07. The molecule has 3 atom stereocenters. The Kier molecular flexibility index (Phi) is 5.72. The minimum atomic E-state index is -2.34. The van der Waals surface area contributed by atoms with E-state index in [1.807, 2.05) is 60.7 Å². The van der Waals surface area contributed by atoms with Crippen LogP contribution in [0.5, 0.6) is 0 Å². The topological polar surface area (TPSA) is 107 Å². The number of ether oxygens (including phenoxy) is 1. The molecule has 0 radical (unpaired) electrons. The van der Waals surface area contributed by atoms with Gasteiger partial charge in [-0.25, -0.2) is 4.79 Å². The van der Waals surface area contributed by atoms with Crippen molar-refractivity contribution in [3.05, 3.63) is 81.8 Å². The van der Waals surface area contributed by atoms with Crippen LogP contribution in [-0.4, -0.2) is 44.2 Å². The van der Waals surface area contributed by atoms with Crippen molar-refractivity contribution in [2.75, 3.05) is 0 Å². The minimum Gasteiger partial charge on any atom is -0.489 e. The monoisotopic (exact) mass is 482 g/mol. The number of carbonyl (C=O) groups is 1. The lowest BCUT2D eigenvalue weighted by Crippen LogP contribution is -2.52. The van der Waals surface area contributed by atoms with Crippen LogP contribution in [0, 0.1) is 0 Å². The first-order valence-corrected chi connectivity index (χ1v) is 12.1. The zero-order valence-electron chi connectivity index (χ0n) is 17.5. The molecule has 0 spiro atoms. The van der Waals surface area contributed by atoms with Crippen molar-refractivity contribution in [1.29, 1.82) is 0 Å². The maximum atomic E-state index is 12.1. The molecule has 1 aliphatic rings. The highest BCUT2D eigenvalue weighted by Crippen LogP contribution is 2.40. The van der Waals surface area contributed by atoms with E-state index in [9.17, 15) is 25.2 Å². The van der Waals surface area contributed by atoms with Crippen LogP contribution in [-0.2, 0) is 22.6 Å². The molecule has 2 aromatic carbocycles. The summed E-state index contributed by atoms with van der Waals surface area (Å²) >= 11 is 3.02. The van der Waals surface area contributed by atoms with Crippen molar-refractivity contribution in [2.24, 2.45) is 0 Å². The Morgan fingerprint density at radius 1 is 0.970 bits per heavy atom. The Bertz CT molecular complexity index is 1300. The van der Waals surface area contributed by atoms with Crippen LogP contribution in [0.1, 0.15) is 16.2 Å². The van der Waals surface area contributed by atoms with Crippen LogP contribution in [0.2, 0.25) is 0 Å². The van der Waals surface area contributed by atoms with E-state index in [0.29, 0.717) is 0 Å². The van der Waals surface area contributed by atoms with Crippen LogP contribution in [0.4, 0.5) is 0 Å². The maximum absolute atomic E-state index is 12.1. The summed E-state index contributed by atoms with van der Waals surface area (Å²) in [6.07, 6.45) is -3.31. The molecular weight excluding hydrogens is 460 g/mol. The standard InChI is InChI=1S/C25H22O6S2/c26-19-12-25(30,24(28)29)18(11-16-9-14-5-1-3-7-20(14)32-16)23(22(19)27)31-13-17-10-15-6-2-4-8-21(15)33-17/h1-10,19,22,26-27,30H,11-13H2,(H,28,29)/t19-,22+,25-/m1/s1. The van der Waals surface area contributed by atoms with Crippen molar-refractivity contribution in [2.45, 2.75) is 37.3 Å². The van der Waals surface area contributed by atoms with Gasteiger partial charge in [0.2, 0.25) is 0 Å². The average molecular weight is 483 g/mol. The molecule has 4 aromatic rings. The van der Waals surface area contributed by atoms with Crippen LogP contribution in [0.3, 0.4) is 0 Å². The van der Waals surface area contributed by atoms with Crippen molar-refractivity contribution in [3.8, 4) is 0 Å². The molecule has 170 valence electrons. The molecule has 2 aromatic heterocycles. The van der Waals surface area contributed by atoms with Gasteiger partial charge in [-0.2, -0.15) is 0 Å². The highest BCUT2D eigenvalue weighted by atomic mass is 32.1. The summed E-state index contributed by atoms with van der Waals surface area (Å²) in [7, 11) is 0. The first-order chi connectivity index (χ1) is 15.8. The number of carboxylic acids is 1. The van der Waals surface area contributed by atoms with E-state index in [-0.39, 0.29) is 24.4 Å². The van der Waals surface area contributed by atoms with Crippen LogP contribution < -0.4 is 0 Å². The highest BCUT2D eigenvalue weighted by molar-refractivity contribution is 7.19. The predicted molar refractivity (Wildman–Crippen MR) is 128 cm³/mol. The Hall–Kier alpha value is -2.75. The summed E-state index contributed by atoms with van der Waals surface area (Å²) in [6, 6.07) is 19.6. The van der Waals surface area contributed by atoms with Crippen LogP contribution in [0.15, 0.2) is 72.0 Å². The van der Waals surface area contributed by atoms with Crippen LogP contribution in [0.25, 0.3) is 20.2 Å². The van der Waals surface area contributed by atoms with Gasteiger partial charge in [-0.05, 0) is 35.0 Å². The van der Waals surface area contributed by atoms with Gasteiger partial charge in [-0.1, -0.05) is 36.4 Å². The lowest BCUT2D eigenvalue weighted by molar-refractivity contribution is -0.162. The summed E-state index contributed by atoms with van der Waals surface area (Å²) in [6.45, 7) is 0.0874. The molecule has 5 rings (SSSR count). The maximum Gasteiger partial charge on any atom is 0.340 e. The van der Waals surface area contributed by atoms with Crippen LogP contribution >= 0.6 is 22.7 Å². The number of fused-ring (bicyclic) bond motifs is 2. The van der Waals surface area contributed by atoms with Gasteiger partial charge in [-0.15, -0.1) is 22.7 Å². The molecule has 6 nitrogen and oxygen atoms in total. The van der Waals surface area contributed by atoms with Gasteiger partial charge >= 0.3 is 5.97 Å². The minimum absolute atomic E-state index is 0.0699. The number of benzene rings is 2. The second-order valence-electron chi connectivity index (χ2n) is 8.19. The number of aliphatic hydroxyl groups is 3. The van der Waals surface area contributed by atoms with E-state index < -0.39 is 30.2 Å². The van der Waals surface area contributed by atoms with Gasteiger partial charge in [0.25, 0.3) is 0 Å². The Labute approximate surface area is 197 Å². The second-order valence-corrected chi connectivity index (χ2v) is 10.5. The van der Waals surface area contributed by atoms with E-state index in [2.05, 4.69) is 0 Å². The number of hydrogen-bond donors (Lipinski definition) is 4. The molecule has 8 heteroatoms. The quantitative estimate of drug-likeness (QED) is 0.330. The summed E-state index contributed by atoms with van der Waals surface area (Å²) in [5, 5.41) is 44.1. The van der Waals surface area contributed by atoms with Crippen molar-refractivity contribution in [1.82, 2.24) is 0 Å². The molecule has 0 fully saturated rings. The summed E-state index contributed by atoms with van der Waals surface area (Å²) in [4.78, 5) is 13.8. The zero-order valence-corrected chi connectivity index (χ0v) is 19.1. The third kappa shape index (κ3) is 4.05. The highest BCUT2D eigenvalue weighted by Gasteiger charge is 2.50. The molecule has 0 unspecified atom stereocenters. The number of aliphatic carboxylic acids is 1. The average Bonchev–Trinajstić information content (AvgIpc) is 3.40. The van der Waals surface area contributed by atoms with E-state index >= 15 is 0 Å². The Balaban J connectivity index is 1.54. The van der Waals surface area contributed by atoms with Gasteiger partial charge in [0.1, 0.15) is 18.5 Å². The molecule has 4 N–H and O–H groups in total. The van der Waals surface area contributed by atoms with Crippen molar-refractivity contribution < 1.29 is 30.0 Å². The number of hydrogen-bond acceptors (Lipinski definition) is 7. The van der Waals surface area contributed by atoms with Crippen molar-refractivity contribution >= 4 is 48.8 Å². The smallest absolute Gasteiger partial charge is 0.340 e. The molecule has 0 amide bonds. The van der Waals surface area contributed by atoms with Gasteiger partial charge in [0, 0.05) is 37.6 Å². The fourth-order valence-corrected chi connectivity index (χ4v) is 6.33. The third-order valence-electron chi connectivity index (χ3n) is 5.96. The van der Waals surface area contributed by atoms with E-state index in [0.717, 1.165) is 29.9 Å². The van der Waals surface area contributed by atoms with E-state index in [1.165, 1.54) is 22.7 Å².